The molecule has 0 aliphatic heterocycles. The first-order valence-electron chi connectivity index (χ1n) is 6.17. The van der Waals surface area contributed by atoms with Crippen LogP contribution in [0.3, 0.4) is 0 Å². The molecule has 0 spiro atoms. The fraction of sp³-hybridized carbons (Fsp3) is 0.500. The normalized spacial score (nSPS) is 11.5. The van der Waals surface area contributed by atoms with Crippen molar-refractivity contribution in [3.63, 3.8) is 0 Å². The molecule has 0 radical (unpaired) electrons. The highest BCUT2D eigenvalue weighted by Gasteiger charge is 2.17. The summed E-state index contributed by atoms with van der Waals surface area (Å²) in [6, 6.07) is 6.08. The van der Waals surface area contributed by atoms with Crippen molar-refractivity contribution in [2.24, 2.45) is 0 Å². The van der Waals surface area contributed by atoms with E-state index in [-0.39, 0.29) is 23.6 Å². The zero-order chi connectivity index (χ0) is 14.5. The third-order valence-electron chi connectivity index (χ3n) is 2.87. The van der Waals surface area contributed by atoms with Gasteiger partial charge in [-0.1, -0.05) is 19.1 Å². The summed E-state index contributed by atoms with van der Waals surface area (Å²) in [7, 11) is 0. The lowest BCUT2D eigenvalue weighted by Crippen LogP contribution is -2.43. The number of rotatable bonds is 6. The predicted molar refractivity (Wildman–Crippen MR) is 69.3 cm³/mol. The van der Waals surface area contributed by atoms with Gasteiger partial charge in [0.05, 0.1) is 6.42 Å². The minimum atomic E-state index is -2.83. The molecule has 1 amide bonds. The van der Waals surface area contributed by atoms with Crippen molar-refractivity contribution in [1.82, 2.24) is 5.32 Å². The number of benzene rings is 1. The van der Waals surface area contributed by atoms with Crippen molar-refractivity contribution in [3.8, 4) is 5.75 Å². The van der Waals surface area contributed by atoms with Crippen LogP contribution >= 0.6 is 0 Å². The number of nitrogens with one attached hydrogen (secondary N) is 1. The summed E-state index contributed by atoms with van der Waals surface area (Å²) in [5.74, 6) is 0.00224. The van der Waals surface area contributed by atoms with Gasteiger partial charge in [0.2, 0.25) is 5.91 Å². The maximum Gasteiger partial charge on any atom is 0.387 e. The molecule has 0 heterocycles. The zero-order valence-corrected chi connectivity index (χ0v) is 11.4. The average molecular weight is 271 g/mol. The van der Waals surface area contributed by atoms with Gasteiger partial charge >= 0.3 is 6.61 Å². The summed E-state index contributed by atoms with van der Waals surface area (Å²) in [6.07, 6.45) is 1.05. The highest BCUT2D eigenvalue weighted by molar-refractivity contribution is 5.79. The number of hydrogen-bond acceptors (Lipinski definition) is 2. The van der Waals surface area contributed by atoms with Crippen molar-refractivity contribution in [2.75, 3.05) is 0 Å². The van der Waals surface area contributed by atoms with Gasteiger partial charge < -0.3 is 10.1 Å². The molecule has 1 aromatic rings. The van der Waals surface area contributed by atoms with Crippen LogP contribution in [0.25, 0.3) is 0 Å². The van der Waals surface area contributed by atoms with E-state index >= 15 is 0 Å². The molecule has 1 rings (SSSR count). The number of halogens is 2. The monoisotopic (exact) mass is 271 g/mol. The van der Waals surface area contributed by atoms with Gasteiger partial charge in [-0.25, -0.2) is 0 Å². The second-order valence-corrected chi connectivity index (χ2v) is 4.98. The molecule has 0 atom stereocenters. The van der Waals surface area contributed by atoms with Gasteiger partial charge in [0.1, 0.15) is 5.75 Å². The summed E-state index contributed by atoms with van der Waals surface area (Å²) >= 11 is 0. The van der Waals surface area contributed by atoms with Crippen molar-refractivity contribution < 1.29 is 18.3 Å². The SMILES string of the molecule is CCC(C)(C)NC(=O)Cc1ccc(OC(F)F)cc1. The molecular formula is C14H19F2NO2. The number of carbonyl (C=O) groups excluding carboxylic acids is 1. The first kappa shape index (κ1) is 15.4. The Morgan fingerprint density at radius 2 is 1.89 bits per heavy atom. The average Bonchev–Trinajstić information content (AvgIpc) is 2.30. The second kappa shape index (κ2) is 6.50. The minimum Gasteiger partial charge on any atom is -0.435 e. The number of alkyl halides is 2. The molecule has 19 heavy (non-hydrogen) atoms. The van der Waals surface area contributed by atoms with E-state index in [0.29, 0.717) is 0 Å². The van der Waals surface area contributed by atoms with Crippen LogP contribution in [0.15, 0.2) is 24.3 Å². The maximum atomic E-state index is 12.0. The summed E-state index contributed by atoms with van der Waals surface area (Å²) in [5, 5.41) is 2.91. The third kappa shape index (κ3) is 5.68. The van der Waals surface area contributed by atoms with Gasteiger partial charge in [-0.2, -0.15) is 8.78 Å². The Balaban J connectivity index is 2.56. The minimum absolute atomic E-state index is 0.0885. The first-order valence-corrected chi connectivity index (χ1v) is 6.17. The van der Waals surface area contributed by atoms with E-state index in [2.05, 4.69) is 10.1 Å². The smallest absolute Gasteiger partial charge is 0.387 e. The maximum absolute atomic E-state index is 12.0. The lowest BCUT2D eigenvalue weighted by atomic mass is 10.0. The molecule has 0 bridgehead atoms. The number of hydrogen-bond donors (Lipinski definition) is 1. The third-order valence-corrected chi connectivity index (χ3v) is 2.87. The van der Waals surface area contributed by atoms with Crippen molar-refractivity contribution >= 4 is 5.91 Å². The molecular weight excluding hydrogens is 252 g/mol. The molecule has 0 aliphatic rings. The highest BCUT2D eigenvalue weighted by atomic mass is 19.3. The quantitative estimate of drug-likeness (QED) is 0.863. The van der Waals surface area contributed by atoms with Crippen molar-refractivity contribution in [1.29, 1.82) is 0 Å². The Morgan fingerprint density at radius 1 is 1.32 bits per heavy atom. The van der Waals surface area contributed by atoms with Crippen LogP contribution < -0.4 is 10.1 Å². The van der Waals surface area contributed by atoms with Crippen molar-refractivity contribution in [3.05, 3.63) is 29.8 Å². The van der Waals surface area contributed by atoms with Gasteiger partial charge in [0.15, 0.2) is 0 Å². The molecule has 0 saturated heterocycles. The van der Waals surface area contributed by atoms with Crippen LogP contribution in [-0.2, 0) is 11.2 Å². The lowest BCUT2D eigenvalue weighted by molar-refractivity contribution is -0.122. The fourth-order valence-electron chi connectivity index (χ4n) is 1.48. The standard InChI is InChI=1S/C14H19F2NO2/c1-4-14(2,3)17-12(18)9-10-5-7-11(8-6-10)19-13(15)16/h5-8,13H,4,9H2,1-3H3,(H,17,18). The number of amides is 1. The van der Waals surface area contributed by atoms with Gasteiger partial charge in [0, 0.05) is 5.54 Å². The molecule has 3 nitrogen and oxygen atoms in total. The van der Waals surface area contributed by atoms with Crippen LogP contribution in [0, 0.1) is 0 Å². The van der Waals surface area contributed by atoms with Gasteiger partial charge in [0.25, 0.3) is 0 Å². The molecule has 5 heteroatoms. The van der Waals surface area contributed by atoms with E-state index in [1.54, 1.807) is 12.1 Å². The van der Waals surface area contributed by atoms with Crippen LogP contribution in [0.2, 0.25) is 0 Å². The Hall–Kier alpha value is -1.65. The van der Waals surface area contributed by atoms with Crippen LogP contribution in [0.5, 0.6) is 5.75 Å². The van der Waals surface area contributed by atoms with E-state index < -0.39 is 6.61 Å². The van der Waals surface area contributed by atoms with E-state index in [1.807, 2.05) is 20.8 Å². The van der Waals surface area contributed by atoms with Crippen molar-refractivity contribution in [2.45, 2.75) is 45.8 Å². The summed E-state index contributed by atoms with van der Waals surface area (Å²) in [5.41, 5.74) is 0.515. The highest BCUT2D eigenvalue weighted by Crippen LogP contribution is 2.15. The topological polar surface area (TPSA) is 38.3 Å². The molecule has 0 fully saturated rings. The molecule has 1 aromatic carbocycles. The molecule has 0 aliphatic carbocycles. The van der Waals surface area contributed by atoms with E-state index in [1.165, 1.54) is 12.1 Å². The number of ether oxygens (including phenoxy) is 1. The molecule has 1 N–H and O–H groups in total. The van der Waals surface area contributed by atoms with Crippen LogP contribution in [0.1, 0.15) is 32.8 Å². The molecule has 106 valence electrons. The Bertz CT molecular complexity index is 416. The summed E-state index contributed by atoms with van der Waals surface area (Å²) in [4.78, 5) is 11.8. The summed E-state index contributed by atoms with van der Waals surface area (Å²) in [6.45, 7) is 3.06. The molecule has 0 aromatic heterocycles. The molecule has 0 saturated carbocycles. The zero-order valence-electron chi connectivity index (χ0n) is 11.4. The fourth-order valence-corrected chi connectivity index (χ4v) is 1.48. The largest absolute Gasteiger partial charge is 0.435 e. The molecule has 0 unspecified atom stereocenters. The lowest BCUT2D eigenvalue weighted by Gasteiger charge is -2.24. The number of carbonyl (C=O) groups is 1. The van der Waals surface area contributed by atoms with Gasteiger partial charge in [-0.15, -0.1) is 0 Å². The van der Waals surface area contributed by atoms with E-state index in [4.69, 9.17) is 0 Å². The first-order chi connectivity index (χ1) is 8.82. The Kier molecular flexibility index (Phi) is 5.27. The Morgan fingerprint density at radius 3 is 2.37 bits per heavy atom. The van der Waals surface area contributed by atoms with E-state index in [9.17, 15) is 13.6 Å². The second-order valence-electron chi connectivity index (χ2n) is 4.98. The van der Waals surface area contributed by atoms with Crippen LogP contribution in [0.4, 0.5) is 8.78 Å². The Labute approximate surface area is 112 Å². The van der Waals surface area contributed by atoms with Crippen LogP contribution in [-0.4, -0.2) is 18.1 Å². The van der Waals surface area contributed by atoms with Gasteiger partial charge in [-0.3, -0.25) is 4.79 Å². The van der Waals surface area contributed by atoms with Gasteiger partial charge in [-0.05, 0) is 38.0 Å². The predicted octanol–water partition coefficient (Wildman–Crippen LogP) is 3.14. The summed E-state index contributed by atoms with van der Waals surface area (Å²) < 4.78 is 28.2. The van der Waals surface area contributed by atoms with E-state index in [0.717, 1.165) is 12.0 Å².